The maximum atomic E-state index is 15.0. The number of anilines is 2. The van der Waals surface area contributed by atoms with Gasteiger partial charge in [-0.25, -0.2) is 18.6 Å². The number of hydrogen-bond acceptors (Lipinski definition) is 6. The minimum Gasteiger partial charge on any atom is -0.477 e. The number of nitrogens with zero attached hydrogens (tertiary/aromatic N) is 3. The zero-order chi connectivity index (χ0) is 25.4. The minimum atomic E-state index is -1.41. The van der Waals surface area contributed by atoms with E-state index in [-0.39, 0.29) is 23.6 Å². The van der Waals surface area contributed by atoms with Gasteiger partial charge in [-0.05, 0) is 48.9 Å². The molecule has 0 unspecified atom stereocenters. The first-order valence-corrected chi connectivity index (χ1v) is 11.6. The van der Waals surface area contributed by atoms with Gasteiger partial charge < -0.3 is 25.6 Å². The summed E-state index contributed by atoms with van der Waals surface area (Å²) in [7, 11) is 0. The number of carboxylic acids is 1. The van der Waals surface area contributed by atoms with E-state index in [0.29, 0.717) is 36.2 Å². The summed E-state index contributed by atoms with van der Waals surface area (Å²) in [6.07, 6.45) is 1.93. The van der Waals surface area contributed by atoms with Gasteiger partial charge in [0.15, 0.2) is 0 Å². The molecule has 0 spiro atoms. The molecule has 2 aromatic carbocycles. The molecule has 36 heavy (non-hydrogen) atoms. The van der Waals surface area contributed by atoms with Gasteiger partial charge in [0, 0.05) is 30.4 Å². The number of aromatic carboxylic acids is 1. The van der Waals surface area contributed by atoms with Crippen molar-refractivity contribution in [1.82, 2.24) is 9.55 Å². The molecule has 3 heterocycles. The zero-order valence-corrected chi connectivity index (χ0v) is 19.4. The lowest BCUT2D eigenvalue weighted by Gasteiger charge is -2.42. The molecule has 1 fully saturated rings. The predicted molar refractivity (Wildman–Crippen MR) is 135 cm³/mol. The van der Waals surface area contributed by atoms with Crippen molar-refractivity contribution in [2.75, 3.05) is 36.5 Å². The Labute approximate surface area is 205 Å². The Morgan fingerprint density at radius 3 is 2.61 bits per heavy atom. The van der Waals surface area contributed by atoms with Gasteiger partial charge in [-0.3, -0.25) is 4.79 Å². The van der Waals surface area contributed by atoms with E-state index in [9.17, 15) is 19.1 Å². The van der Waals surface area contributed by atoms with E-state index in [0.717, 1.165) is 18.3 Å². The van der Waals surface area contributed by atoms with Gasteiger partial charge in [0.2, 0.25) is 5.43 Å². The number of alkyl halides is 1. The average molecular weight is 494 g/mol. The summed E-state index contributed by atoms with van der Waals surface area (Å²) >= 11 is 0. The number of hydrogen-bond donors (Lipinski definition) is 3. The molecule has 10 heteroatoms. The third-order valence-electron chi connectivity index (χ3n) is 6.45. The normalized spacial score (nSPS) is 13.8. The molecule has 186 valence electrons. The van der Waals surface area contributed by atoms with E-state index in [1.165, 1.54) is 22.3 Å². The second kappa shape index (κ2) is 9.54. The number of halogens is 2. The summed E-state index contributed by atoms with van der Waals surface area (Å²) in [6.45, 7) is 0.868. The number of carbonyl (C=O) groups is 1. The number of nitrogens with one attached hydrogen (secondary N) is 1. The molecule has 0 amide bonds. The molecule has 1 saturated heterocycles. The summed E-state index contributed by atoms with van der Waals surface area (Å²) in [5.74, 6) is -1.88. The first kappa shape index (κ1) is 23.7. The fraction of sp³-hybridized carbons (Fsp3) is 0.269. The van der Waals surface area contributed by atoms with Gasteiger partial charge in [0.05, 0.1) is 29.2 Å². The van der Waals surface area contributed by atoms with E-state index in [1.807, 2.05) is 29.2 Å². The first-order chi connectivity index (χ1) is 17.4. The standard InChI is InChI=1S/C26H25F2N5O3/c27-6-8-32-14-20(26(35)36)24(34)19-9-16-10-21(28)23(11-22(16)31-25(19)32)33-12-18(13-33)30-17-3-1-15(2-4-17)5-7-29/h1-4,9-11,14,18,30H,5-8,12-13,29H2,(H,35,36). The van der Waals surface area contributed by atoms with Gasteiger partial charge in [-0.15, -0.1) is 0 Å². The van der Waals surface area contributed by atoms with Gasteiger partial charge in [-0.2, -0.15) is 0 Å². The highest BCUT2D eigenvalue weighted by Crippen LogP contribution is 2.30. The summed E-state index contributed by atoms with van der Waals surface area (Å²) in [4.78, 5) is 30.5. The Bertz CT molecular complexity index is 1510. The third-order valence-corrected chi connectivity index (χ3v) is 6.45. The summed E-state index contributed by atoms with van der Waals surface area (Å²) in [5.41, 5.74) is 7.50. The number of benzene rings is 2. The SMILES string of the molecule is NCCc1ccc(NC2CN(c3cc4nc5c(cc4cc3F)c(=O)c(C(=O)O)cn5CCF)C2)cc1. The van der Waals surface area contributed by atoms with Crippen molar-refractivity contribution in [3.8, 4) is 0 Å². The molecule has 0 saturated carbocycles. The number of fused-ring (bicyclic) bond motifs is 2. The molecule has 0 bridgehead atoms. The van der Waals surface area contributed by atoms with E-state index < -0.39 is 29.5 Å². The fourth-order valence-corrected chi connectivity index (χ4v) is 4.57. The summed E-state index contributed by atoms with van der Waals surface area (Å²) < 4.78 is 29.5. The third kappa shape index (κ3) is 4.35. The van der Waals surface area contributed by atoms with Gasteiger partial charge in [-0.1, -0.05) is 12.1 Å². The molecule has 4 N–H and O–H groups in total. The lowest BCUT2D eigenvalue weighted by molar-refractivity contribution is 0.0694. The van der Waals surface area contributed by atoms with Crippen LogP contribution in [0.3, 0.4) is 0 Å². The number of carboxylic acid groups (broad SMARTS) is 1. The van der Waals surface area contributed by atoms with Gasteiger partial charge in [0.25, 0.3) is 0 Å². The smallest absolute Gasteiger partial charge is 0.341 e. The van der Waals surface area contributed by atoms with Crippen LogP contribution in [-0.2, 0) is 13.0 Å². The van der Waals surface area contributed by atoms with Crippen molar-refractivity contribution in [3.05, 3.63) is 75.8 Å². The lowest BCUT2D eigenvalue weighted by Crippen LogP contribution is -2.55. The summed E-state index contributed by atoms with van der Waals surface area (Å²) in [6, 6.07) is 12.5. The van der Waals surface area contributed by atoms with Crippen molar-refractivity contribution in [1.29, 1.82) is 0 Å². The Balaban J connectivity index is 1.42. The maximum absolute atomic E-state index is 15.0. The van der Waals surface area contributed by atoms with Crippen molar-refractivity contribution in [3.63, 3.8) is 0 Å². The van der Waals surface area contributed by atoms with Crippen molar-refractivity contribution in [2.24, 2.45) is 5.73 Å². The Kier molecular flexibility index (Phi) is 6.27. The molecule has 4 aromatic rings. The highest BCUT2D eigenvalue weighted by molar-refractivity contribution is 5.97. The Morgan fingerprint density at radius 1 is 1.19 bits per heavy atom. The predicted octanol–water partition coefficient (Wildman–Crippen LogP) is 3.16. The quantitative estimate of drug-likeness (QED) is 0.323. The zero-order valence-electron chi connectivity index (χ0n) is 19.4. The molecule has 8 nitrogen and oxygen atoms in total. The number of pyridine rings is 2. The molecule has 5 rings (SSSR count). The van der Waals surface area contributed by atoms with Crippen LogP contribution in [0.1, 0.15) is 15.9 Å². The van der Waals surface area contributed by atoms with E-state index in [1.54, 1.807) is 6.07 Å². The molecular formula is C26H25F2N5O3. The molecule has 1 aliphatic rings. The van der Waals surface area contributed by atoms with Crippen LogP contribution in [-0.4, -0.2) is 53.0 Å². The molecule has 1 aliphatic heterocycles. The maximum Gasteiger partial charge on any atom is 0.341 e. The Hall–Kier alpha value is -4.05. The van der Waals surface area contributed by atoms with Crippen LogP contribution in [0.2, 0.25) is 0 Å². The van der Waals surface area contributed by atoms with E-state index in [4.69, 9.17) is 5.73 Å². The van der Waals surface area contributed by atoms with Crippen LogP contribution >= 0.6 is 0 Å². The highest BCUT2D eigenvalue weighted by atomic mass is 19.1. The summed E-state index contributed by atoms with van der Waals surface area (Å²) in [5, 5.41) is 13.2. The van der Waals surface area contributed by atoms with E-state index >= 15 is 4.39 Å². The highest BCUT2D eigenvalue weighted by Gasteiger charge is 2.29. The molecule has 0 atom stereocenters. The number of nitrogens with two attached hydrogens (primary N) is 1. The van der Waals surface area contributed by atoms with Crippen molar-refractivity contribution >= 4 is 39.3 Å². The molecular weight excluding hydrogens is 468 g/mol. The first-order valence-electron chi connectivity index (χ1n) is 11.6. The van der Waals surface area contributed by atoms with Gasteiger partial charge >= 0.3 is 5.97 Å². The van der Waals surface area contributed by atoms with Crippen LogP contribution in [0, 0.1) is 5.82 Å². The van der Waals surface area contributed by atoms with Gasteiger partial charge in [0.1, 0.15) is 23.7 Å². The average Bonchev–Trinajstić information content (AvgIpc) is 2.83. The largest absolute Gasteiger partial charge is 0.477 e. The molecule has 2 aromatic heterocycles. The minimum absolute atomic E-state index is 0.00805. The van der Waals surface area contributed by atoms with Crippen LogP contribution in [0.25, 0.3) is 21.9 Å². The van der Waals surface area contributed by atoms with Crippen LogP contribution in [0.5, 0.6) is 0 Å². The second-order valence-electron chi connectivity index (χ2n) is 8.90. The Morgan fingerprint density at radius 2 is 1.94 bits per heavy atom. The van der Waals surface area contributed by atoms with Crippen LogP contribution in [0.15, 0.2) is 53.5 Å². The van der Waals surface area contributed by atoms with Crippen molar-refractivity contribution < 1.29 is 18.7 Å². The second-order valence-corrected chi connectivity index (χ2v) is 8.90. The molecule has 0 radical (unpaired) electrons. The fourth-order valence-electron chi connectivity index (χ4n) is 4.57. The number of aromatic nitrogens is 2. The topological polar surface area (TPSA) is 113 Å². The lowest BCUT2D eigenvalue weighted by atomic mass is 10.0. The van der Waals surface area contributed by atoms with Crippen molar-refractivity contribution in [2.45, 2.75) is 19.0 Å². The molecule has 0 aliphatic carbocycles. The van der Waals surface area contributed by atoms with E-state index in [2.05, 4.69) is 10.3 Å². The van der Waals surface area contributed by atoms with Crippen LogP contribution < -0.4 is 21.4 Å². The van der Waals surface area contributed by atoms with Crippen LogP contribution in [0.4, 0.5) is 20.2 Å². The number of aryl methyl sites for hydroxylation is 1. The number of rotatable bonds is 8. The monoisotopic (exact) mass is 493 g/mol.